The number of nitrogens with one attached hydrogen (secondary N) is 2. The van der Waals surface area contributed by atoms with Crippen LogP contribution in [0.1, 0.15) is 24.2 Å². The molecule has 3 heterocycles. The van der Waals surface area contributed by atoms with E-state index in [9.17, 15) is 0 Å². The average Bonchev–Trinajstić information content (AvgIpc) is 3.35. The van der Waals surface area contributed by atoms with Crippen LogP contribution in [0.15, 0.2) is 35.4 Å². The molecule has 9 nitrogen and oxygen atoms in total. The molecule has 2 N–H and O–H groups in total. The number of ether oxygens (including phenoxy) is 1. The normalized spacial score (nSPS) is 16.6. The Hall–Kier alpha value is -2.91. The second-order valence-corrected chi connectivity index (χ2v) is 8.36. The van der Waals surface area contributed by atoms with E-state index in [1.807, 2.05) is 42.3 Å². The number of rotatable bonds is 6. The Labute approximate surface area is 193 Å². The fourth-order valence-corrected chi connectivity index (χ4v) is 3.87. The molecule has 10 heteroatoms. The molecule has 2 aliphatic rings. The van der Waals surface area contributed by atoms with Crippen LogP contribution in [-0.2, 0) is 11.3 Å². The highest BCUT2D eigenvalue weighted by atomic mass is 35.5. The molecule has 2 aliphatic heterocycles. The number of benzene rings is 1. The van der Waals surface area contributed by atoms with Crippen LogP contribution in [0.3, 0.4) is 0 Å². The van der Waals surface area contributed by atoms with E-state index in [0.717, 1.165) is 50.4 Å². The van der Waals surface area contributed by atoms with E-state index < -0.39 is 0 Å². The molecule has 32 heavy (non-hydrogen) atoms. The highest BCUT2D eigenvalue weighted by molar-refractivity contribution is 6.30. The van der Waals surface area contributed by atoms with Crippen LogP contribution in [-0.4, -0.2) is 78.4 Å². The molecule has 0 spiro atoms. The molecule has 0 aliphatic carbocycles. The molecule has 2 saturated heterocycles. The Morgan fingerprint density at radius 1 is 1.19 bits per heavy atom. The van der Waals surface area contributed by atoms with E-state index in [2.05, 4.69) is 25.3 Å². The van der Waals surface area contributed by atoms with Gasteiger partial charge in [0.2, 0.25) is 0 Å². The monoisotopic (exact) mass is 456 g/mol. The number of guanidine groups is 1. The number of halogens is 1. The van der Waals surface area contributed by atoms with Gasteiger partial charge in [0.15, 0.2) is 17.6 Å². The van der Waals surface area contributed by atoms with Crippen LogP contribution in [0.25, 0.3) is 0 Å². The van der Waals surface area contributed by atoms with Crippen molar-refractivity contribution in [3.63, 3.8) is 0 Å². The third kappa shape index (κ3) is 5.86. The smallest absolute Gasteiger partial charge is 0.193 e. The van der Waals surface area contributed by atoms with Gasteiger partial charge in [0.1, 0.15) is 5.82 Å². The molecule has 0 saturated carbocycles. The first kappa shape index (κ1) is 22.3. The standard InChI is InChI=1S/C22H29ClN8O/c1-29(22(24)31-8-2-3-9-31)16-20-26-19(14-21(27-20)30-10-12-32-13-11-30)28-25-15-17-4-6-18(23)7-5-17/h4-7,14-15,24H,2-3,8-13,16H2,1H3,(H,26,27,28)/b24-22?,25-15+. The van der Waals surface area contributed by atoms with Crippen molar-refractivity contribution in [3.05, 3.63) is 46.7 Å². The van der Waals surface area contributed by atoms with E-state index in [4.69, 9.17) is 26.7 Å². The van der Waals surface area contributed by atoms with E-state index in [-0.39, 0.29) is 0 Å². The maximum atomic E-state index is 8.49. The van der Waals surface area contributed by atoms with Gasteiger partial charge in [-0.2, -0.15) is 5.10 Å². The minimum absolute atomic E-state index is 0.448. The molecule has 2 aromatic rings. The second kappa shape index (κ2) is 10.6. The highest BCUT2D eigenvalue weighted by Crippen LogP contribution is 2.19. The molecular weight excluding hydrogens is 428 g/mol. The highest BCUT2D eigenvalue weighted by Gasteiger charge is 2.20. The second-order valence-electron chi connectivity index (χ2n) is 7.92. The van der Waals surface area contributed by atoms with E-state index >= 15 is 0 Å². The molecular formula is C22H29ClN8O. The van der Waals surface area contributed by atoms with Gasteiger partial charge in [-0.05, 0) is 30.5 Å². The Morgan fingerprint density at radius 3 is 2.62 bits per heavy atom. The van der Waals surface area contributed by atoms with Gasteiger partial charge in [-0.3, -0.25) is 10.8 Å². The summed E-state index contributed by atoms with van der Waals surface area (Å²) in [5, 5.41) is 13.5. The van der Waals surface area contributed by atoms with Crippen molar-refractivity contribution in [1.82, 2.24) is 19.8 Å². The number of morpholine rings is 1. The maximum Gasteiger partial charge on any atom is 0.193 e. The Balaban J connectivity index is 1.50. The van der Waals surface area contributed by atoms with Gasteiger partial charge in [-0.15, -0.1) is 0 Å². The summed E-state index contributed by atoms with van der Waals surface area (Å²) in [6, 6.07) is 9.36. The molecule has 170 valence electrons. The van der Waals surface area contributed by atoms with Crippen molar-refractivity contribution < 1.29 is 4.74 Å². The summed E-state index contributed by atoms with van der Waals surface area (Å²) in [7, 11) is 1.91. The van der Waals surface area contributed by atoms with Crippen LogP contribution in [0.5, 0.6) is 0 Å². The van der Waals surface area contributed by atoms with Crippen LogP contribution >= 0.6 is 11.6 Å². The van der Waals surface area contributed by atoms with Gasteiger partial charge >= 0.3 is 0 Å². The lowest BCUT2D eigenvalue weighted by atomic mass is 10.2. The molecule has 0 amide bonds. The topological polar surface area (TPSA) is 93.0 Å². The lowest BCUT2D eigenvalue weighted by Crippen LogP contribution is -2.40. The van der Waals surface area contributed by atoms with Gasteiger partial charge < -0.3 is 19.4 Å². The Kier molecular flexibility index (Phi) is 7.39. The summed E-state index contributed by atoms with van der Waals surface area (Å²) in [5.41, 5.74) is 3.96. The number of hydrogen-bond acceptors (Lipinski definition) is 7. The van der Waals surface area contributed by atoms with Crippen molar-refractivity contribution in [3.8, 4) is 0 Å². The first-order valence-electron chi connectivity index (χ1n) is 10.9. The molecule has 0 unspecified atom stereocenters. The van der Waals surface area contributed by atoms with Crippen molar-refractivity contribution in [2.75, 3.05) is 56.8 Å². The summed E-state index contributed by atoms with van der Waals surface area (Å²) in [6.07, 6.45) is 4.00. The third-order valence-electron chi connectivity index (χ3n) is 5.50. The predicted octanol–water partition coefficient (Wildman–Crippen LogP) is 2.87. The summed E-state index contributed by atoms with van der Waals surface area (Å²) in [4.78, 5) is 15.6. The molecule has 0 radical (unpaired) electrons. The lowest BCUT2D eigenvalue weighted by Gasteiger charge is -2.29. The molecule has 1 aromatic carbocycles. The summed E-state index contributed by atoms with van der Waals surface area (Å²) in [6.45, 7) is 5.23. The zero-order valence-electron chi connectivity index (χ0n) is 18.3. The molecule has 4 rings (SSSR count). The largest absolute Gasteiger partial charge is 0.378 e. The van der Waals surface area contributed by atoms with E-state index in [1.165, 1.54) is 0 Å². The van der Waals surface area contributed by atoms with Crippen LogP contribution in [0.4, 0.5) is 11.6 Å². The molecule has 2 fully saturated rings. The van der Waals surface area contributed by atoms with E-state index in [1.54, 1.807) is 6.21 Å². The Bertz CT molecular complexity index is 939. The van der Waals surface area contributed by atoms with Crippen molar-refractivity contribution in [2.45, 2.75) is 19.4 Å². The number of hydrazone groups is 1. The van der Waals surface area contributed by atoms with Crippen molar-refractivity contribution in [1.29, 1.82) is 5.41 Å². The van der Waals surface area contributed by atoms with Gasteiger partial charge in [0.25, 0.3) is 0 Å². The maximum absolute atomic E-state index is 8.49. The van der Waals surface area contributed by atoms with Gasteiger partial charge in [0.05, 0.1) is 26.0 Å². The minimum atomic E-state index is 0.448. The summed E-state index contributed by atoms with van der Waals surface area (Å²) >= 11 is 5.94. The first-order valence-corrected chi connectivity index (χ1v) is 11.3. The zero-order valence-corrected chi connectivity index (χ0v) is 19.1. The molecule has 0 bridgehead atoms. The van der Waals surface area contributed by atoms with Crippen LogP contribution in [0.2, 0.25) is 5.02 Å². The van der Waals surface area contributed by atoms with Crippen LogP contribution in [0, 0.1) is 5.41 Å². The van der Waals surface area contributed by atoms with Gasteiger partial charge in [-0.1, -0.05) is 23.7 Å². The Morgan fingerprint density at radius 2 is 1.91 bits per heavy atom. The van der Waals surface area contributed by atoms with Gasteiger partial charge in [-0.25, -0.2) is 9.97 Å². The number of anilines is 2. The summed E-state index contributed by atoms with van der Waals surface area (Å²) < 4.78 is 5.48. The number of aromatic nitrogens is 2. The third-order valence-corrected chi connectivity index (χ3v) is 5.75. The fourth-order valence-electron chi connectivity index (χ4n) is 3.74. The quantitative estimate of drug-likeness (QED) is 0.392. The summed E-state index contributed by atoms with van der Waals surface area (Å²) in [5.74, 6) is 2.61. The first-order chi connectivity index (χ1) is 15.6. The minimum Gasteiger partial charge on any atom is -0.378 e. The number of likely N-dealkylation sites (tertiary alicyclic amines) is 1. The zero-order chi connectivity index (χ0) is 22.3. The molecule has 1 aromatic heterocycles. The number of hydrogen-bond donors (Lipinski definition) is 2. The van der Waals surface area contributed by atoms with Crippen LogP contribution < -0.4 is 10.3 Å². The van der Waals surface area contributed by atoms with E-state index in [0.29, 0.717) is 42.4 Å². The van der Waals surface area contributed by atoms with Crippen molar-refractivity contribution in [2.24, 2.45) is 5.10 Å². The SMILES string of the molecule is CN(Cc1nc(N/N=C/c2ccc(Cl)cc2)cc(N2CCOCC2)n1)C(=N)N1CCCC1. The average molecular weight is 457 g/mol. The fraction of sp³-hybridized carbons (Fsp3) is 0.455. The van der Waals surface area contributed by atoms with Gasteiger partial charge in [0, 0.05) is 44.3 Å². The lowest BCUT2D eigenvalue weighted by molar-refractivity contribution is 0.122. The molecule has 0 atom stereocenters. The predicted molar refractivity (Wildman–Crippen MR) is 128 cm³/mol. The van der Waals surface area contributed by atoms with Crippen molar-refractivity contribution >= 4 is 35.4 Å². The number of nitrogens with zero attached hydrogens (tertiary/aromatic N) is 6.